The van der Waals surface area contributed by atoms with Gasteiger partial charge in [0, 0.05) is 24.7 Å². The van der Waals surface area contributed by atoms with E-state index >= 15 is 0 Å². The van der Waals surface area contributed by atoms with Crippen LogP contribution < -0.4 is 11.1 Å². The molecular weight excluding hydrogens is 257 g/mol. The van der Waals surface area contributed by atoms with Gasteiger partial charge >= 0.3 is 0 Å². The summed E-state index contributed by atoms with van der Waals surface area (Å²) in [6, 6.07) is 5.87. The third kappa shape index (κ3) is 2.83. The van der Waals surface area contributed by atoms with E-state index in [0.29, 0.717) is 25.1 Å². The van der Waals surface area contributed by atoms with Crippen LogP contribution >= 0.6 is 0 Å². The van der Waals surface area contributed by atoms with Crippen LogP contribution in [0.2, 0.25) is 0 Å². The van der Waals surface area contributed by atoms with Crippen molar-refractivity contribution < 1.29 is 9.18 Å². The van der Waals surface area contributed by atoms with Gasteiger partial charge in [0.15, 0.2) is 0 Å². The Morgan fingerprint density at radius 1 is 1.50 bits per heavy atom. The number of benzene rings is 1. The summed E-state index contributed by atoms with van der Waals surface area (Å²) in [7, 11) is 0. The van der Waals surface area contributed by atoms with Crippen LogP contribution in [0.1, 0.15) is 31.9 Å². The number of carbonyl (C=O) groups excluding carboxylic acids is 1. The Kier molecular flexibility index (Phi) is 4.73. The maximum atomic E-state index is 14.1. The lowest BCUT2D eigenvalue weighted by Gasteiger charge is -2.42. The van der Waals surface area contributed by atoms with Gasteiger partial charge in [0.05, 0.1) is 12.1 Å². The van der Waals surface area contributed by atoms with E-state index in [9.17, 15) is 9.18 Å². The first-order chi connectivity index (χ1) is 9.56. The molecule has 5 heteroatoms. The monoisotopic (exact) mass is 279 g/mol. The molecule has 3 unspecified atom stereocenters. The summed E-state index contributed by atoms with van der Waals surface area (Å²) in [5.41, 5.74) is 6.66. The lowest BCUT2D eigenvalue weighted by Crippen LogP contribution is -2.58. The zero-order valence-electron chi connectivity index (χ0n) is 12.0. The Balaban J connectivity index is 2.38. The first kappa shape index (κ1) is 14.9. The molecule has 1 aromatic carbocycles. The second-order valence-corrected chi connectivity index (χ2v) is 5.28. The van der Waals surface area contributed by atoms with Crippen LogP contribution in [0.3, 0.4) is 0 Å². The van der Waals surface area contributed by atoms with Gasteiger partial charge in [-0.05, 0) is 19.4 Å². The molecule has 1 aromatic rings. The van der Waals surface area contributed by atoms with Gasteiger partial charge in [-0.2, -0.15) is 0 Å². The van der Waals surface area contributed by atoms with Gasteiger partial charge in [0.2, 0.25) is 5.91 Å². The van der Waals surface area contributed by atoms with Crippen molar-refractivity contribution >= 4 is 5.91 Å². The van der Waals surface area contributed by atoms with E-state index in [4.69, 9.17) is 5.73 Å². The van der Waals surface area contributed by atoms with Crippen molar-refractivity contribution in [3.63, 3.8) is 0 Å². The number of halogens is 1. The number of hydrogen-bond acceptors (Lipinski definition) is 3. The molecule has 20 heavy (non-hydrogen) atoms. The van der Waals surface area contributed by atoms with E-state index in [2.05, 4.69) is 5.32 Å². The molecule has 3 atom stereocenters. The summed E-state index contributed by atoms with van der Waals surface area (Å²) in [5.74, 6) is -0.267. The number of amides is 1. The van der Waals surface area contributed by atoms with Gasteiger partial charge in [-0.15, -0.1) is 0 Å². The van der Waals surface area contributed by atoms with Gasteiger partial charge in [-0.3, -0.25) is 9.69 Å². The number of rotatable bonds is 4. The van der Waals surface area contributed by atoms with Gasteiger partial charge in [0.1, 0.15) is 5.82 Å². The summed E-state index contributed by atoms with van der Waals surface area (Å²) in [5, 5.41) is 2.86. The summed E-state index contributed by atoms with van der Waals surface area (Å²) in [4.78, 5) is 14.0. The molecule has 1 fully saturated rings. The summed E-state index contributed by atoms with van der Waals surface area (Å²) < 4.78 is 14.1. The quantitative estimate of drug-likeness (QED) is 0.876. The van der Waals surface area contributed by atoms with Gasteiger partial charge < -0.3 is 11.1 Å². The highest BCUT2D eigenvalue weighted by Crippen LogP contribution is 2.29. The van der Waals surface area contributed by atoms with Crippen molar-refractivity contribution in [1.29, 1.82) is 0 Å². The summed E-state index contributed by atoms with van der Waals surface area (Å²) in [6.45, 7) is 5.08. The van der Waals surface area contributed by atoms with E-state index < -0.39 is 0 Å². The molecule has 0 aromatic heterocycles. The summed E-state index contributed by atoms with van der Waals surface area (Å²) in [6.07, 6.45) is 0.684. The Hall–Kier alpha value is -1.46. The molecule has 0 radical (unpaired) electrons. The second-order valence-electron chi connectivity index (χ2n) is 5.28. The molecule has 3 N–H and O–H groups in total. The lowest BCUT2D eigenvalue weighted by molar-refractivity contribution is -0.130. The van der Waals surface area contributed by atoms with Crippen LogP contribution in [0.5, 0.6) is 0 Å². The maximum Gasteiger partial charge on any atom is 0.237 e. The smallest absolute Gasteiger partial charge is 0.237 e. The van der Waals surface area contributed by atoms with E-state index in [1.807, 2.05) is 18.7 Å². The van der Waals surface area contributed by atoms with Crippen LogP contribution in [-0.2, 0) is 4.79 Å². The van der Waals surface area contributed by atoms with E-state index in [0.717, 1.165) is 0 Å². The highest BCUT2D eigenvalue weighted by Gasteiger charge is 2.36. The molecule has 110 valence electrons. The zero-order chi connectivity index (χ0) is 14.7. The summed E-state index contributed by atoms with van der Waals surface area (Å²) >= 11 is 0. The molecular formula is C15H22FN3O. The molecule has 0 bridgehead atoms. The first-order valence-electron chi connectivity index (χ1n) is 7.09. The molecule has 1 saturated heterocycles. The largest absolute Gasteiger partial charge is 0.353 e. The SMILES string of the molecule is CCC1C(=O)NCCN1C(c1ccccc1F)C(C)N. The molecule has 0 aliphatic carbocycles. The molecule has 4 nitrogen and oxygen atoms in total. The van der Waals surface area contributed by atoms with Crippen LogP contribution in [0.15, 0.2) is 24.3 Å². The third-order valence-electron chi connectivity index (χ3n) is 3.84. The maximum absolute atomic E-state index is 14.1. The highest BCUT2D eigenvalue weighted by atomic mass is 19.1. The fraction of sp³-hybridized carbons (Fsp3) is 0.533. The molecule has 0 spiro atoms. The fourth-order valence-electron chi connectivity index (χ4n) is 2.96. The van der Waals surface area contributed by atoms with Crippen LogP contribution in [0.4, 0.5) is 4.39 Å². The van der Waals surface area contributed by atoms with Crippen molar-refractivity contribution in [2.75, 3.05) is 13.1 Å². The normalized spacial score (nSPS) is 23.2. The minimum Gasteiger partial charge on any atom is -0.353 e. The Morgan fingerprint density at radius 3 is 2.80 bits per heavy atom. The van der Waals surface area contributed by atoms with Crippen LogP contribution in [0.25, 0.3) is 0 Å². The number of nitrogens with zero attached hydrogens (tertiary/aromatic N) is 1. The Bertz CT molecular complexity index is 478. The number of hydrogen-bond donors (Lipinski definition) is 2. The third-order valence-corrected chi connectivity index (χ3v) is 3.84. The van der Waals surface area contributed by atoms with Crippen molar-refractivity contribution in [2.45, 2.75) is 38.4 Å². The minimum absolute atomic E-state index is 0.000685. The van der Waals surface area contributed by atoms with Crippen LogP contribution in [0, 0.1) is 5.82 Å². The van der Waals surface area contributed by atoms with Gasteiger partial charge in [-0.25, -0.2) is 4.39 Å². The van der Waals surface area contributed by atoms with E-state index in [1.165, 1.54) is 6.07 Å². The van der Waals surface area contributed by atoms with Crippen molar-refractivity contribution in [1.82, 2.24) is 10.2 Å². The van der Waals surface area contributed by atoms with Crippen molar-refractivity contribution in [2.24, 2.45) is 5.73 Å². The first-order valence-corrected chi connectivity index (χ1v) is 7.09. The molecule has 1 heterocycles. The second kappa shape index (κ2) is 6.33. The zero-order valence-corrected chi connectivity index (χ0v) is 12.0. The molecule has 0 saturated carbocycles. The molecule has 2 rings (SSSR count). The fourth-order valence-corrected chi connectivity index (χ4v) is 2.96. The Labute approximate surface area is 119 Å². The Morgan fingerprint density at radius 2 is 2.20 bits per heavy atom. The van der Waals surface area contributed by atoms with Gasteiger partial charge in [0.25, 0.3) is 0 Å². The van der Waals surface area contributed by atoms with E-state index in [1.54, 1.807) is 18.2 Å². The number of carbonyl (C=O) groups is 1. The predicted molar refractivity (Wildman–Crippen MR) is 76.6 cm³/mol. The number of nitrogens with one attached hydrogen (secondary N) is 1. The minimum atomic E-state index is -0.285. The topological polar surface area (TPSA) is 58.4 Å². The number of piperazine rings is 1. The molecule has 1 amide bonds. The van der Waals surface area contributed by atoms with Crippen molar-refractivity contribution in [3.8, 4) is 0 Å². The lowest BCUT2D eigenvalue weighted by atomic mass is 9.95. The van der Waals surface area contributed by atoms with Gasteiger partial charge in [-0.1, -0.05) is 25.1 Å². The average molecular weight is 279 g/mol. The predicted octanol–water partition coefficient (Wildman–Crippen LogP) is 1.42. The molecule has 1 aliphatic heterocycles. The standard InChI is InChI=1S/C15H22FN3O/c1-3-13-15(20)18-8-9-19(13)14(10(2)17)11-6-4-5-7-12(11)16/h4-7,10,13-14H,3,8-9,17H2,1-2H3,(H,18,20). The van der Waals surface area contributed by atoms with Crippen molar-refractivity contribution in [3.05, 3.63) is 35.6 Å². The highest BCUT2D eigenvalue weighted by molar-refractivity contribution is 5.82. The molecule has 1 aliphatic rings. The number of nitrogens with two attached hydrogens (primary N) is 1. The van der Waals surface area contributed by atoms with Crippen LogP contribution in [-0.4, -0.2) is 36.0 Å². The van der Waals surface area contributed by atoms with E-state index in [-0.39, 0.29) is 29.8 Å². The average Bonchev–Trinajstić information content (AvgIpc) is 2.41.